The molecule has 0 aliphatic carbocycles. The third-order valence-corrected chi connectivity index (χ3v) is 3.65. The van der Waals surface area contributed by atoms with Crippen LogP contribution in [0, 0.1) is 6.92 Å². The second kappa shape index (κ2) is 5.97. The minimum atomic E-state index is 0.460. The summed E-state index contributed by atoms with van der Waals surface area (Å²) >= 11 is 6.17. The monoisotopic (exact) mass is 299 g/mol. The van der Waals surface area contributed by atoms with Crippen LogP contribution >= 0.6 is 11.6 Å². The summed E-state index contributed by atoms with van der Waals surface area (Å²) in [5.41, 5.74) is 4.38. The molecule has 3 rings (SSSR count). The number of aryl methyl sites for hydroxylation is 1. The number of nitrogens with one attached hydrogen (secondary N) is 1. The van der Waals surface area contributed by atoms with Crippen molar-refractivity contribution in [3.05, 3.63) is 64.8 Å². The average molecular weight is 300 g/mol. The maximum absolute atomic E-state index is 6.17. The Morgan fingerprint density at radius 1 is 1.10 bits per heavy atom. The van der Waals surface area contributed by atoms with Gasteiger partial charge in [0.1, 0.15) is 12.8 Å². The molecule has 0 radical (unpaired) electrons. The SMILES string of the molecule is Cc1ccc(-c2ccc(COc3cn[nH]n3)cc2)cc1Cl. The highest BCUT2D eigenvalue weighted by molar-refractivity contribution is 6.31. The van der Waals surface area contributed by atoms with E-state index < -0.39 is 0 Å². The fourth-order valence-electron chi connectivity index (χ4n) is 1.98. The molecule has 1 heterocycles. The molecule has 0 spiro atoms. The quantitative estimate of drug-likeness (QED) is 0.792. The molecule has 2 aromatic carbocycles. The highest BCUT2D eigenvalue weighted by Gasteiger charge is 2.02. The number of hydrogen-bond donors (Lipinski definition) is 1. The molecule has 0 bridgehead atoms. The molecule has 0 atom stereocenters. The van der Waals surface area contributed by atoms with E-state index in [1.165, 1.54) is 0 Å². The maximum Gasteiger partial charge on any atom is 0.253 e. The van der Waals surface area contributed by atoms with Crippen molar-refractivity contribution in [2.75, 3.05) is 0 Å². The average Bonchev–Trinajstić information content (AvgIpc) is 3.02. The standard InChI is InChI=1S/C16H14ClN3O/c1-11-2-5-14(8-15(11)17)13-6-3-12(4-7-13)10-21-16-9-18-20-19-16/h2-9H,10H2,1H3,(H,18,19,20). The molecule has 0 unspecified atom stereocenters. The first-order valence-electron chi connectivity index (χ1n) is 6.56. The molecule has 0 aliphatic rings. The molecule has 21 heavy (non-hydrogen) atoms. The van der Waals surface area contributed by atoms with Crippen LogP contribution in [0.5, 0.6) is 5.88 Å². The van der Waals surface area contributed by atoms with Crippen molar-refractivity contribution in [2.24, 2.45) is 0 Å². The maximum atomic E-state index is 6.17. The van der Waals surface area contributed by atoms with Crippen LogP contribution in [0.3, 0.4) is 0 Å². The van der Waals surface area contributed by atoms with E-state index in [1.54, 1.807) is 6.20 Å². The second-order valence-corrected chi connectivity index (χ2v) is 5.17. The zero-order chi connectivity index (χ0) is 14.7. The molecule has 0 saturated carbocycles. The summed E-state index contributed by atoms with van der Waals surface area (Å²) < 4.78 is 5.49. The smallest absolute Gasteiger partial charge is 0.253 e. The number of ether oxygens (including phenoxy) is 1. The largest absolute Gasteiger partial charge is 0.471 e. The van der Waals surface area contributed by atoms with Gasteiger partial charge in [0.2, 0.25) is 0 Å². The summed E-state index contributed by atoms with van der Waals surface area (Å²) in [6.45, 7) is 2.46. The van der Waals surface area contributed by atoms with Gasteiger partial charge in [-0.05, 0) is 35.2 Å². The molecule has 0 fully saturated rings. The van der Waals surface area contributed by atoms with Gasteiger partial charge in [0, 0.05) is 5.02 Å². The van der Waals surface area contributed by atoms with Crippen molar-refractivity contribution in [1.29, 1.82) is 0 Å². The van der Waals surface area contributed by atoms with Crippen molar-refractivity contribution in [3.63, 3.8) is 0 Å². The third kappa shape index (κ3) is 3.23. The van der Waals surface area contributed by atoms with Crippen LogP contribution in [0.1, 0.15) is 11.1 Å². The Morgan fingerprint density at radius 2 is 1.86 bits per heavy atom. The summed E-state index contributed by atoms with van der Waals surface area (Å²) in [5.74, 6) is 0.490. The van der Waals surface area contributed by atoms with Gasteiger partial charge in [-0.3, -0.25) is 0 Å². The summed E-state index contributed by atoms with van der Waals surface area (Å²) in [6, 6.07) is 14.3. The number of rotatable bonds is 4. The van der Waals surface area contributed by atoms with Gasteiger partial charge in [-0.25, -0.2) is 0 Å². The minimum absolute atomic E-state index is 0.460. The number of aromatic amines is 1. The van der Waals surface area contributed by atoms with Crippen LogP contribution < -0.4 is 4.74 Å². The van der Waals surface area contributed by atoms with Crippen LogP contribution in [0.4, 0.5) is 0 Å². The first-order valence-corrected chi connectivity index (χ1v) is 6.94. The van der Waals surface area contributed by atoms with Crippen molar-refractivity contribution >= 4 is 11.6 Å². The van der Waals surface area contributed by atoms with E-state index in [-0.39, 0.29) is 0 Å². The Hall–Kier alpha value is -2.33. The fraction of sp³-hybridized carbons (Fsp3) is 0.125. The number of aromatic nitrogens is 3. The number of halogens is 1. The van der Waals surface area contributed by atoms with E-state index in [1.807, 2.05) is 31.2 Å². The normalized spacial score (nSPS) is 10.6. The topological polar surface area (TPSA) is 50.8 Å². The fourth-order valence-corrected chi connectivity index (χ4v) is 2.16. The van der Waals surface area contributed by atoms with Gasteiger partial charge in [0.05, 0.1) is 0 Å². The molecule has 0 saturated heterocycles. The van der Waals surface area contributed by atoms with E-state index in [2.05, 4.69) is 33.6 Å². The van der Waals surface area contributed by atoms with Gasteiger partial charge >= 0.3 is 0 Å². The third-order valence-electron chi connectivity index (χ3n) is 3.24. The Morgan fingerprint density at radius 3 is 2.52 bits per heavy atom. The Labute approximate surface area is 127 Å². The van der Waals surface area contributed by atoms with Gasteiger partial charge < -0.3 is 4.74 Å². The summed E-state index contributed by atoms with van der Waals surface area (Å²) in [4.78, 5) is 0. The highest BCUT2D eigenvalue weighted by Crippen LogP contribution is 2.25. The van der Waals surface area contributed by atoms with Crippen molar-refractivity contribution < 1.29 is 4.74 Å². The zero-order valence-electron chi connectivity index (χ0n) is 11.5. The summed E-state index contributed by atoms with van der Waals surface area (Å²) in [5, 5.41) is 10.8. The van der Waals surface area contributed by atoms with Crippen molar-refractivity contribution in [3.8, 4) is 17.0 Å². The molecular weight excluding hydrogens is 286 g/mol. The summed E-state index contributed by atoms with van der Waals surface area (Å²) in [6.07, 6.45) is 1.54. The lowest BCUT2D eigenvalue weighted by Gasteiger charge is -2.06. The highest BCUT2D eigenvalue weighted by atomic mass is 35.5. The predicted molar refractivity (Wildman–Crippen MR) is 82.3 cm³/mol. The first-order chi connectivity index (χ1) is 10.2. The van der Waals surface area contributed by atoms with Crippen LogP contribution in [-0.4, -0.2) is 15.4 Å². The molecule has 0 aliphatic heterocycles. The zero-order valence-corrected chi connectivity index (χ0v) is 12.3. The summed E-state index contributed by atoms with van der Waals surface area (Å²) in [7, 11) is 0. The number of hydrogen-bond acceptors (Lipinski definition) is 3. The minimum Gasteiger partial charge on any atom is -0.471 e. The molecule has 4 nitrogen and oxygen atoms in total. The Bertz CT molecular complexity index is 724. The van der Waals surface area contributed by atoms with Gasteiger partial charge in [-0.1, -0.05) is 48.0 Å². The molecule has 106 valence electrons. The Balaban J connectivity index is 1.72. The molecule has 1 aromatic heterocycles. The lowest BCUT2D eigenvalue weighted by molar-refractivity contribution is 0.293. The molecule has 3 aromatic rings. The molecule has 1 N–H and O–H groups in total. The number of H-pyrrole nitrogens is 1. The predicted octanol–water partition coefficient (Wildman–Crippen LogP) is 4.01. The van der Waals surface area contributed by atoms with Gasteiger partial charge in [-0.2, -0.15) is 10.3 Å². The van der Waals surface area contributed by atoms with Crippen LogP contribution in [0.2, 0.25) is 5.02 Å². The van der Waals surface area contributed by atoms with Crippen molar-refractivity contribution in [1.82, 2.24) is 15.4 Å². The van der Waals surface area contributed by atoms with E-state index in [4.69, 9.17) is 16.3 Å². The van der Waals surface area contributed by atoms with E-state index in [0.29, 0.717) is 12.5 Å². The number of benzene rings is 2. The first kappa shape index (κ1) is 13.6. The molecule has 5 heteroatoms. The van der Waals surface area contributed by atoms with Crippen LogP contribution in [0.15, 0.2) is 48.7 Å². The van der Waals surface area contributed by atoms with Gasteiger partial charge in [0.15, 0.2) is 0 Å². The van der Waals surface area contributed by atoms with E-state index in [9.17, 15) is 0 Å². The van der Waals surface area contributed by atoms with Gasteiger partial charge in [0.25, 0.3) is 5.88 Å². The van der Waals surface area contributed by atoms with Crippen LogP contribution in [-0.2, 0) is 6.61 Å². The van der Waals surface area contributed by atoms with Crippen LogP contribution in [0.25, 0.3) is 11.1 Å². The van der Waals surface area contributed by atoms with E-state index in [0.717, 1.165) is 27.3 Å². The Kier molecular flexibility index (Phi) is 3.88. The number of nitrogens with zero attached hydrogens (tertiary/aromatic N) is 2. The lowest BCUT2D eigenvalue weighted by Crippen LogP contribution is -1.95. The van der Waals surface area contributed by atoms with Gasteiger partial charge in [-0.15, -0.1) is 5.10 Å². The lowest BCUT2D eigenvalue weighted by atomic mass is 10.0. The van der Waals surface area contributed by atoms with Crippen molar-refractivity contribution in [2.45, 2.75) is 13.5 Å². The molecular formula is C16H14ClN3O. The van der Waals surface area contributed by atoms with E-state index >= 15 is 0 Å². The second-order valence-electron chi connectivity index (χ2n) is 4.76. The molecule has 0 amide bonds.